The van der Waals surface area contributed by atoms with E-state index >= 15 is 0 Å². The van der Waals surface area contributed by atoms with Gasteiger partial charge >= 0.3 is 12.1 Å². The molecule has 2 heterocycles. The number of aromatic amines is 1. The molecule has 3 N–H and O–H groups in total. The summed E-state index contributed by atoms with van der Waals surface area (Å²) in [6.07, 6.45) is -3.30. The first kappa shape index (κ1) is 26.3. The van der Waals surface area contributed by atoms with E-state index in [2.05, 4.69) is 51.3 Å². The highest BCUT2D eigenvalue weighted by molar-refractivity contribution is 5.80. The molecule has 1 fully saturated rings. The summed E-state index contributed by atoms with van der Waals surface area (Å²) in [5, 5.41) is 17.0. The zero-order valence-corrected chi connectivity index (χ0v) is 19.7. The van der Waals surface area contributed by atoms with Gasteiger partial charge in [-0.25, -0.2) is 14.2 Å². The molecule has 37 heavy (non-hydrogen) atoms. The molecular weight excluding hydrogens is 490 g/mol. The summed E-state index contributed by atoms with van der Waals surface area (Å²) in [6.45, 7) is 2.69. The third-order valence-corrected chi connectivity index (χ3v) is 6.02. The van der Waals surface area contributed by atoms with Crippen molar-refractivity contribution in [3.8, 4) is 22.5 Å². The molecule has 4 aromatic rings. The summed E-state index contributed by atoms with van der Waals surface area (Å²) < 4.78 is 45.1. The van der Waals surface area contributed by atoms with Gasteiger partial charge in [-0.3, -0.25) is 4.90 Å². The number of likely N-dealkylation sites (tertiary alicyclic amines) is 1. The molecule has 0 amide bonds. The van der Waals surface area contributed by atoms with Gasteiger partial charge in [0.2, 0.25) is 0 Å². The number of β-amino-alcohol motifs (C(OH)–C–C–N with tert-alkyl or cyclic N) is 1. The number of alkyl halides is 3. The largest absolute Gasteiger partial charge is 0.490 e. The van der Waals surface area contributed by atoms with E-state index in [1.807, 2.05) is 12.1 Å². The molecule has 1 atom stereocenters. The van der Waals surface area contributed by atoms with Crippen molar-refractivity contribution in [2.45, 2.75) is 31.7 Å². The summed E-state index contributed by atoms with van der Waals surface area (Å²) >= 11 is 0. The summed E-state index contributed by atoms with van der Waals surface area (Å²) in [6, 6.07) is 21.4. The van der Waals surface area contributed by atoms with E-state index in [1.54, 1.807) is 6.07 Å². The third kappa shape index (κ3) is 6.93. The van der Waals surface area contributed by atoms with E-state index in [0.717, 1.165) is 60.5 Å². The van der Waals surface area contributed by atoms with Crippen LogP contribution in [0.25, 0.3) is 33.5 Å². The highest BCUT2D eigenvalue weighted by Gasteiger charge is 2.38. The molecule has 6 nitrogen and oxygen atoms in total. The van der Waals surface area contributed by atoms with E-state index in [0.29, 0.717) is 5.52 Å². The van der Waals surface area contributed by atoms with Crippen LogP contribution in [0.5, 0.6) is 0 Å². The molecule has 194 valence electrons. The minimum Gasteiger partial charge on any atom is -0.475 e. The zero-order valence-electron chi connectivity index (χ0n) is 19.7. The molecule has 1 aliphatic heterocycles. The second-order valence-electron chi connectivity index (χ2n) is 8.86. The maximum absolute atomic E-state index is 13.4. The lowest BCUT2D eigenvalue weighted by Crippen LogP contribution is -2.37. The number of carboxylic acid groups (broad SMARTS) is 1. The normalized spacial score (nSPS) is 16.3. The molecule has 1 aliphatic rings. The molecule has 0 spiro atoms. The fraction of sp³-hybridized carbons (Fsp3) is 0.259. The summed E-state index contributed by atoms with van der Waals surface area (Å²) in [7, 11) is 0. The number of rotatable bonds is 4. The van der Waals surface area contributed by atoms with E-state index in [1.165, 1.54) is 17.7 Å². The number of imidazole rings is 1. The number of aliphatic hydroxyl groups is 1. The van der Waals surface area contributed by atoms with Crippen molar-refractivity contribution in [2.24, 2.45) is 0 Å². The fourth-order valence-electron chi connectivity index (χ4n) is 4.17. The monoisotopic (exact) mass is 515 g/mol. The van der Waals surface area contributed by atoms with Crippen LogP contribution < -0.4 is 0 Å². The zero-order chi connectivity index (χ0) is 26.6. The van der Waals surface area contributed by atoms with Crippen LogP contribution in [-0.2, 0) is 11.3 Å². The third-order valence-electron chi connectivity index (χ3n) is 6.02. The maximum Gasteiger partial charge on any atom is 0.490 e. The van der Waals surface area contributed by atoms with Crippen molar-refractivity contribution in [1.82, 2.24) is 14.9 Å². The van der Waals surface area contributed by atoms with Crippen LogP contribution in [0.15, 0.2) is 66.7 Å². The van der Waals surface area contributed by atoms with Crippen molar-refractivity contribution >= 4 is 17.0 Å². The van der Waals surface area contributed by atoms with Crippen LogP contribution in [0.4, 0.5) is 17.6 Å². The number of aromatic nitrogens is 2. The molecular formula is C27H25F4N3O3. The van der Waals surface area contributed by atoms with Gasteiger partial charge in [0.1, 0.15) is 11.6 Å². The SMILES string of the molecule is O=C(O)C(F)(F)F.OC1CCCN(Cc2ccc(-c3ccc(-c4nc5ccc(F)cc5[nH]4)cc3)cc2)C1. The summed E-state index contributed by atoms with van der Waals surface area (Å²) in [5.74, 6) is -2.29. The first-order valence-corrected chi connectivity index (χ1v) is 11.6. The van der Waals surface area contributed by atoms with Crippen LogP contribution >= 0.6 is 0 Å². The van der Waals surface area contributed by atoms with E-state index < -0.39 is 12.1 Å². The van der Waals surface area contributed by atoms with Crippen molar-refractivity contribution in [3.05, 3.63) is 78.1 Å². The Morgan fingerprint density at radius 2 is 1.59 bits per heavy atom. The number of fused-ring (bicyclic) bond motifs is 1. The van der Waals surface area contributed by atoms with Crippen LogP contribution in [0.2, 0.25) is 0 Å². The molecule has 0 aliphatic carbocycles. The number of aliphatic hydroxyl groups excluding tert-OH is 1. The maximum atomic E-state index is 13.4. The highest BCUT2D eigenvalue weighted by atomic mass is 19.4. The Balaban J connectivity index is 0.000000405. The van der Waals surface area contributed by atoms with Gasteiger partial charge in [0, 0.05) is 18.7 Å². The van der Waals surface area contributed by atoms with Crippen LogP contribution in [0, 0.1) is 5.82 Å². The quantitative estimate of drug-likeness (QED) is 0.307. The molecule has 0 saturated carbocycles. The molecule has 1 unspecified atom stereocenters. The number of hydrogen-bond acceptors (Lipinski definition) is 4. The number of carbonyl (C=O) groups is 1. The smallest absolute Gasteiger partial charge is 0.475 e. The van der Waals surface area contributed by atoms with Gasteiger partial charge in [-0.05, 0) is 54.3 Å². The van der Waals surface area contributed by atoms with Crippen molar-refractivity contribution in [2.75, 3.05) is 13.1 Å². The molecule has 5 rings (SSSR count). The van der Waals surface area contributed by atoms with Gasteiger partial charge < -0.3 is 15.2 Å². The Hall–Kier alpha value is -3.76. The number of carboxylic acids is 1. The van der Waals surface area contributed by atoms with Crippen LogP contribution in [0.1, 0.15) is 18.4 Å². The summed E-state index contributed by atoms with van der Waals surface area (Å²) in [5.41, 5.74) is 5.99. The summed E-state index contributed by atoms with van der Waals surface area (Å²) in [4.78, 5) is 19.0. The van der Waals surface area contributed by atoms with Gasteiger partial charge in [0.25, 0.3) is 0 Å². The lowest BCUT2D eigenvalue weighted by molar-refractivity contribution is -0.192. The standard InChI is InChI=1S/C25H24FN3O.C2HF3O2/c26-21-11-12-23-24(14-21)28-25(27-23)20-9-7-19(8-10-20)18-5-3-17(4-6-18)15-29-13-1-2-22(30)16-29;3-2(4,5)1(6)7/h3-12,14,22,30H,1-2,13,15-16H2,(H,27,28);(H,6,7). The number of benzene rings is 3. The van der Waals surface area contributed by atoms with Gasteiger partial charge in [-0.2, -0.15) is 13.2 Å². The first-order chi connectivity index (χ1) is 17.6. The lowest BCUT2D eigenvalue weighted by Gasteiger charge is -2.30. The molecule has 0 radical (unpaired) electrons. The van der Waals surface area contributed by atoms with Gasteiger partial charge in [0.15, 0.2) is 0 Å². The molecule has 1 aromatic heterocycles. The van der Waals surface area contributed by atoms with Gasteiger partial charge in [-0.1, -0.05) is 48.5 Å². The number of aliphatic carboxylic acids is 1. The number of H-pyrrole nitrogens is 1. The minimum atomic E-state index is -5.08. The number of hydrogen-bond donors (Lipinski definition) is 3. The van der Waals surface area contributed by atoms with E-state index in [4.69, 9.17) is 9.90 Å². The first-order valence-electron chi connectivity index (χ1n) is 11.6. The van der Waals surface area contributed by atoms with Gasteiger partial charge in [0.05, 0.1) is 17.1 Å². The highest BCUT2D eigenvalue weighted by Crippen LogP contribution is 2.26. The topological polar surface area (TPSA) is 89.4 Å². The lowest BCUT2D eigenvalue weighted by atomic mass is 10.0. The molecule has 10 heteroatoms. The van der Waals surface area contributed by atoms with E-state index in [-0.39, 0.29) is 11.9 Å². The predicted molar refractivity (Wildman–Crippen MR) is 131 cm³/mol. The Bertz CT molecular complexity index is 1350. The number of piperidine rings is 1. The second kappa shape index (κ2) is 11.1. The number of nitrogens with one attached hydrogen (secondary N) is 1. The van der Waals surface area contributed by atoms with Crippen molar-refractivity contribution in [1.29, 1.82) is 0 Å². The van der Waals surface area contributed by atoms with E-state index in [9.17, 15) is 22.7 Å². The molecule has 0 bridgehead atoms. The van der Waals surface area contributed by atoms with Crippen LogP contribution in [0.3, 0.4) is 0 Å². The Morgan fingerprint density at radius 3 is 2.19 bits per heavy atom. The minimum absolute atomic E-state index is 0.192. The number of halogens is 4. The second-order valence-corrected chi connectivity index (χ2v) is 8.86. The average molecular weight is 516 g/mol. The van der Waals surface area contributed by atoms with Gasteiger partial charge in [-0.15, -0.1) is 0 Å². The predicted octanol–water partition coefficient (Wildman–Crippen LogP) is 5.63. The van der Waals surface area contributed by atoms with Crippen molar-refractivity contribution < 1.29 is 32.6 Å². The number of nitrogens with zero attached hydrogens (tertiary/aromatic N) is 2. The molecule has 3 aromatic carbocycles. The molecule has 1 saturated heterocycles. The fourth-order valence-corrected chi connectivity index (χ4v) is 4.17. The van der Waals surface area contributed by atoms with Crippen molar-refractivity contribution in [3.63, 3.8) is 0 Å². The Kier molecular flexibility index (Phi) is 7.89. The Labute approximate surface area is 210 Å². The Morgan fingerprint density at radius 1 is 1.00 bits per heavy atom. The average Bonchev–Trinajstić information content (AvgIpc) is 3.28. The van der Waals surface area contributed by atoms with Crippen LogP contribution in [-0.4, -0.2) is 56.4 Å².